The van der Waals surface area contributed by atoms with Crippen LogP contribution in [0.5, 0.6) is 0 Å². The van der Waals surface area contributed by atoms with Crippen molar-refractivity contribution in [3.8, 4) is 6.07 Å². The molecule has 4 N–H and O–H groups in total. The maximum atomic E-state index is 13.2. The van der Waals surface area contributed by atoms with E-state index in [0.29, 0.717) is 33.8 Å². The number of aromatic amines is 1. The summed E-state index contributed by atoms with van der Waals surface area (Å²) in [4.78, 5) is 41.5. The Morgan fingerprint density at radius 1 is 1.26 bits per heavy atom. The Hall–Kier alpha value is -2.76. The highest BCUT2D eigenvalue weighted by atomic mass is 35.5. The fourth-order valence-corrected chi connectivity index (χ4v) is 4.78. The van der Waals surface area contributed by atoms with Gasteiger partial charge in [-0.05, 0) is 50.7 Å². The molecule has 3 amide bonds. The fourth-order valence-electron chi connectivity index (χ4n) is 4.41. The Morgan fingerprint density at radius 2 is 1.94 bits per heavy atom. The van der Waals surface area contributed by atoms with E-state index < -0.39 is 23.9 Å². The highest BCUT2D eigenvalue weighted by Crippen LogP contribution is 2.31. The standard InChI is InChI=1S/C25H31Cl2N5O3/c1-24(2,3)11-18(23(35)29-15(12-28)8-14-10-25(4,5)32-21(14)33)31-22(34)17-9-13-6-7-16(26)19(27)20(13)30-17/h6-7,9,14-15,18,30H,8,10-11H2,1-5H3,(H,29,35)(H,31,34)(H,32,33)/t14-,15?,18?/m1/s1. The minimum atomic E-state index is -0.891. The molecule has 1 aromatic heterocycles. The van der Waals surface area contributed by atoms with Gasteiger partial charge in [-0.2, -0.15) is 5.26 Å². The Kier molecular flexibility index (Phi) is 7.73. The molecule has 0 saturated carbocycles. The van der Waals surface area contributed by atoms with Crippen LogP contribution < -0.4 is 16.0 Å². The van der Waals surface area contributed by atoms with Crippen molar-refractivity contribution in [3.05, 3.63) is 33.9 Å². The van der Waals surface area contributed by atoms with Gasteiger partial charge in [0.2, 0.25) is 11.8 Å². The average molecular weight is 520 g/mol. The van der Waals surface area contributed by atoms with Gasteiger partial charge in [-0.15, -0.1) is 0 Å². The maximum Gasteiger partial charge on any atom is 0.268 e. The van der Waals surface area contributed by atoms with Crippen molar-refractivity contribution in [2.45, 2.75) is 71.5 Å². The predicted molar refractivity (Wildman–Crippen MR) is 136 cm³/mol. The van der Waals surface area contributed by atoms with Gasteiger partial charge in [-0.25, -0.2) is 0 Å². The van der Waals surface area contributed by atoms with E-state index in [4.69, 9.17) is 23.2 Å². The fraction of sp³-hybridized carbons (Fsp3) is 0.520. The number of halogens is 2. The van der Waals surface area contributed by atoms with E-state index >= 15 is 0 Å². The number of hydrogen-bond acceptors (Lipinski definition) is 4. The summed E-state index contributed by atoms with van der Waals surface area (Å²) in [6.07, 6.45) is 1.12. The molecular formula is C25H31Cl2N5O3. The van der Waals surface area contributed by atoms with Gasteiger partial charge in [-0.3, -0.25) is 14.4 Å². The molecule has 2 aromatic rings. The number of H-pyrrole nitrogens is 1. The van der Waals surface area contributed by atoms with E-state index in [1.807, 2.05) is 34.6 Å². The van der Waals surface area contributed by atoms with Crippen LogP contribution in [0, 0.1) is 22.7 Å². The first-order valence-corrected chi connectivity index (χ1v) is 12.2. The second kappa shape index (κ2) is 10.1. The summed E-state index contributed by atoms with van der Waals surface area (Å²) < 4.78 is 0. The number of rotatable bonds is 7. The number of nitrogens with zero attached hydrogens (tertiary/aromatic N) is 1. The van der Waals surface area contributed by atoms with Gasteiger partial charge < -0.3 is 20.9 Å². The van der Waals surface area contributed by atoms with Crippen molar-refractivity contribution < 1.29 is 14.4 Å². The molecule has 0 radical (unpaired) electrons. The molecule has 0 bridgehead atoms. The van der Waals surface area contributed by atoms with Crippen molar-refractivity contribution in [1.29, 1.82) is 5.26 Å². The summed E-state index contributed by atoms with van der Waals surface area (Å²) >= 11 is 12.3. The van der Waals surface area contributed by atoms with Gasteiger partial charge in [0.1, 0.15) is 17.8 Å². The topological polar surface area (TPSA) is 127 Å². The number of fused-ring (bicyclic) bond motifs is 1. The molecule has 188 valence electrons. The molecule has 1 aliphatic heterocycles. The van der Waals surface area contributed by atoms with Crippen LogP contribution in [0.2, 0.25) is 10.0 Å². The van der Waals surface area contributed by atoms with Gasteiger partial charge >= 0.3 is 0 Å². The SMILES string of the molecule is CC(C)(C)CC(NC(=O)c1cc2ccc(Cl)c(Cl)c2[nH]1)C(=O)NC(C#N)C[C@@H]1CC(C)(C)NC1=O. The van der Waals surface area contributed by atoms with E-state index in [0.717, 1.165) is 0 Å². The van der Waals surface area contributed by atoms with E-state index in [-0.39, 0.29) is 34.9 Å². The molecular weight excluding hydrogens is 489 g/mol. The normalized spacial score (nSPS) is 19.0. The second-order valence-electron chi connectivity index (χ2n) is 11.0. The third kappa shape index (κ3) is 6.68. The van der Waals surface area contributed by atoms with Crippen LogP contribution in [0.3, 0.4) is 0 Å². The molecule has 0 spiro atoms. The summed E-state index contributed by atoms with van der Waals surface area (Å²) in [6, 6.07) is 5.35. The molecule has 35 heavy (non-hydrogen) atoms. The number of amides is 3. The smallest absolute Gasteiger partial charge is 0.268 e. The molecule has 1 saturated heterocycles. The third-order valence-corrected chi connectivity index (χ3v) is 6.76. The zero-order valence-corrected chi connectivity index (χ0v) is 22.0. The zero-order valence-electron chi connectivity index (χ0n) is 20.5. The Bertz CT molecular complexity index is 1190. The highest BCUT2D eigenvalue weighted by molar-refractivity contribution is 6.45. The minimum Gasteiger partial charge on any atom is -0.351 e. The number of carbonyl (C=O) groups is 3. The molecule has 8 nitrogen and oxygen atoms in total. The molecule has 1 fully saturated rings. The van der Waals surface area contributed by atoms with Crippen molar-refractivity contribution in [2.75, 3.05) is 0 Å². The van der Waals surface area contributed by atoms with Crippen LogP contribution in [0.25, 0.3) is 10.9 Å². The van der Waals surface area contributed by atoms with Crippen molar-refractivity contribution >= 4 is 51.8 Å². The molecule has 3 rings (SSSR count). The molecule has 2 heterocycles. The van der Waals surface area contributed by atoms with Gasteiger partial charge in [-0.1, -0.05) is 50.0 Å². The third-order valence-electron chi connectivity index (χ3n) is 5.95. The van der Waals surface area contributed by atoms with E-state index in [2.05, 4.69) is 27.0 Å². The van der Waals surface area contributed by atoms with Crippen LogP contribution >= 0.6 is 23.2 Å². The summed E-state index contributed by atoms with van der Waals surface area (Å²) in [5.74, 6) is -1.45. The van der Waals surface area contributed by atoms with Crippen LogP contribution in [0.15, 0.2) is 18.2 Å². The number of carbonyl (C=O) groups excluding carboxylic acids is 3. The first kappa shape index (κ1) is 26.8. The maximum absolute atomic E-state index is 13.2. The number of hydrogen-bond donors (Lipinski definition) is 4. The van der Waals surface area contributed by atoms with Gasteiger partial charge in [0.15, 0.2) is 0 Å². The lowest BCUT2D eigenvalue weighted by Crippen LogP contribution is -2.51. The average Bonchev–Trinajstić information content (AvgIpc) is 3.29. The van der Waals surface area contributed by atoms with Gasteiger partial charge in [0, 0.05) is 16.8 Å². The van der Waals surface area contributed by atoms with Crippen molar-refractivity contribution in [2.24, 2.45) is 11.3 Å². The minimum absolute atomic E-state index is 0.124. The van der Waals surface area contributed by atoms with E-state index in [1.165, 1.54) is 0 Å². The number of nitrogens with one attached hydrogen (secondary N) is 4. The first-order chi connectivity index (χ1) is 16.2. The number of aromatic nitrogens is 1. The Morgan fingerprint density at radius 3 is 2.51 bits per heavy atom. The summed E-state index contributed by atoms with van der Waals surface area (Å²) in [6.45, 7) is 9.71. The lowest BCUT2D eigenvalue weighted by Gasteiger charge is -2.27. The van der Waals surface area contributed by atoms with Crippen LogP contribution in [-0.2, 0) is 9.59 Å². The lowest BCUT2D eigenvalue weighted by molar-refractivity contribution is -0.125. The quantitative estimate of drug-likeness (QED) is 0.434. The summed E-state index contributed by atoms with van der Waals surface area (Å²) in [7, 11) is 0. The molecule has 3 atom stereocenters. The molecule has 10 heteroatoms. The van der Waals surface area contributed by atoms with E-state index in [1.54, 1.807) is 18.2 Å². The molecule has 1 aliphatic rings. The number of benzene rings is 1. The van der Waals surface area contributed by atoms with Crippen LogP contribution in [-0.4, -0.2) is 40.3 Å². The molecule has 1 aromatic carbocycles. The van der Waals surface area contributed by atoms with Gasteiger partial charge in [0.25, 0.3) is 5.91 Å². The Labute approximate surface area is 215 Å². The first-order valence-electron chi connectivity index (χ1n) is 11.5. The molecule has 0 aliphatic carbocycles. The Balaban J connectivity index is 1.75. The van der Waals surface area contributed by atoms with Gasteiger partial charge in [0.05, 0.1) is 21.6 Å². The van der Waals surface area contributed by atoms with Crippen molar-refractivity contribution in [3.63, 3.8) is 0 Å². The monoisotopic (exact) mass is 519 g/mol. The summed E-state index contributed by atoms with van der Waals surface area (Å²) in [5, 5.41) is 19.4. The number of nitriles is 1. The second-order valence-corrected chi connectivity index (χ2v) is 11.8. The van der Waals surface area contributed by atoms with E-state index in [9.17, 15) is 19.6 Å². The molecule has 2 unspecified atom stereocenters. The van der Waals surface area contributed by atoms with Crippen LogP contribution in [0.1, 0.15) is 64.4 Å². The largest absolute Gasteiger partial charge is 0.351 e. The zero-order chi connectivity index (χ0) is 26.1. The van der Waals surface area contributed by atoms with Crippen LogP contribution in [0.4, 0.5) is 0 Å². The highest BCUT2D eigenvalue weighted by Gasteiger charge is 2.39. The predicted octanol–water partition coefficient (Wildman–Crippen LogP) is 4.32. The summed E-state index contributed by atoms with van der Waals surface area (Å²) in [5.41, 5.74) is 0.131. The lowest BCUT2D eigenvalue weighted by atomic mass is 9.87. The van der Waals surface area contributed by atoms with Crippen molar-refractivity contribution in [1.82, 2.24) is 20.9 Å².